The normalized spacial score (nSPS) is 13.9. The fraction of sp³-hybridized carbons (Fsp3) is 0.423. The molecule has 9 nitrogen and oxygen atoms in total. The van der Waals surface area contributed by atoms with Crippen LogP contribution in [-0.2, 0) is 23.8 Å². The van der Waals surface area contributed by atoms with Crippen molar-refractivity contribution in [1.29, 1.82) is 0 Å². The van der Waals surface area contributed by atoms with Crippen LogP contribution in [0.2, 0.25) is 0 Å². The van der Waals surface area contributed by atoms with E-state index in [9.17, 15) is 14.4 Å². The van der Waals surface area contributed by atoms with Crippen LogP contribution in [0, 0.1) is 0 Å². The monoisotopic (exact) mass is 484 g/mol. The second-order valence-corrected chi connectivity index (χ2v) is 8.25. The summed E-state index contributed by atoms with van der Waals surface area (Å²) in [6, 6.07) is 16.2. The van der Waals surface area contributed by atoms with E-state index in [1.54, 1.807) is 6.92 Å². The van der Waals surface area contributed by atoms with E-state index in [0.717, 1.165) is 22.3 Å². The van der Waals surface area contributed by atoms with Crippen LogP contribution in [0.5, 0.6) is 0 Å². The Labute approximate surface area is 204 Å². The minimum Gasteiger partial charge on any atom is -0.481 e. The Morgan fingerprint density at radius 2 is 1.51 bits per heavy atom. The van der Waals surface area contributed by atoms with E-state index in [4.69, 9.17) is 19.3 Å². The van der Waals surface area contributed by atoms with Gasteiger partial charge in [0, 0.05) is 32.7 Å². The van der Waals surface area contributed by atoms with Crippen molar-refractivity contribution in [2.24, 2.45) is 0 Å². The highest BCUT2D eigenvalue weighted by Crippen LogP contribution is 2.44. The molecule has 1 aliphatic rings. The number of carboxylic acids is 1. The largest absolute Gasteiger partial charge is 0.481 e. The quantitative estimate of drug-likeness (QED) is 0.399. The number of rotatable bonds is 13. The molecule has 1 aliphatic carbocycles. The summed E-state index contributed by atoms with van der Waals surface area (Å²) in [5.74, 6) is -1.38. The van der Waals surface area contributed by atoms with Gasteiger partial charge in [0.25, 0.3) is 0 Å². The zero-order chi connectivity index (χ0) is 25.2. The summed E-state index contributed by atoms with van der Waals surface area (Å²) < 4.78 is 16.2. The van der Waals surface area contributed by atoms with Gasteiger partial charge in [-0.15, -0.1) is 0 Å². The molecular weight excluding hydrogens is 452 g/mol. The lowest BCUT2D eigenvalue weighted by molar-refractivity contribution is -0.140. The van der Waals surface area contributed by atoms with Gasteiger partial charge in [-0.3, -0.25) is 9.59 Å². The molecule has 0 fully saturated rings. The molecule has 3 N–H and O–H groups in total. The molecule has 0 saturated heterocycles. The smallest absolute Gasteiger partial charge is 0.407 e. The summed E-state index contributed by atoms with van der Waals surface area (Å²) in [5, 5.41) is 14.2. The van der Waals surface area contributed by atoms with Gasteiger partial charge in [-0.2, -0.15) is 0 Å². The minimum absolute atomic E-state index is 0.000993. The molecule has 0 radical (unpaired) electrons. The highest BCUT2D eigenvalue weighted by Gasteiger charge is 2.29. The third-order valence-corrected chi connectivity index (χ3v) is 5.90. The van der Waals surface area contributed by atoms with Gasteiger partial charge < -0.3 is 30.0 Å². The van der Waals surface area contributed by atoms with Gasteiger partial charge in [0.2, 0.25) is 5.91 Å². The van der Waals surface area contributed by atoms with E-state index in [0.29, 0.717) is 6.61 Å². The van der Waals surface area contributed by atoms with Crippen molar-refractivity contribution in [3.05, 3.63) is 59.7 Å². The number of amides is 2. The molecule has 2 amide bonds. The van der Waals surface area contributed by atoms with Crippen molar-refractivity contribution < 1.29 is 33.7 Å². The Balaban J connectivity index is 1.48. The number of hydrogen-bond acceptors (Lipinski definition) is 6. The number of carboxylic acid groups (broad SMARTS) is 1. The molecule has 0 heterocycles. The molecule has 0 aliphatic heterocycles. The van der Waals surface area contributed by atoms with Crippen LogP contribution < -0.4 is 10.6 Å². The average Bonchev–Trinajstić information content (AvgIpc) is 3.17. The van der Waals surface area contributed by atoms with E-state index in [2.05, 4.69) is 34.9 Å². The SMILES string of the molecule is CCOC(CNC(=O)OCC1c2ccccc2-c2ccccc21)CC(=O)NCC(CC(=O)O)OC. The van der Waals surface area contributed by atoms with Crippen molar-refractivity contribution in [3.63, 3.8) is 0 Å². The molecule has 2 atom stereocenters. The predicted molar refractivity (Wildman–Crippen MR) is 129 cm³/mol. The molecule has 0 aromatic heterocycles. The van der Waals surface area contributed by atoms with E-state index < -0.39 is 24.3 Å². The van der Waals surface area contributed by atoms with Crippen LogP contribution in [0.25, 0.3) is 11.1 Å². The summed E-state index contributed by atoms with van der Waals surface area (Å²) in [4.78, 5) is 35.5. The summed E-state index contributed by atoms with van der Waals surface area (Å²) >= 11 is 0. The lowest BCUT2D eigenvalue weighted by Gasteiger charge is -2.19. The first-order valence-corrected chi connectivity index (χ1v) is 11.6. The standard InChI is InChI=1S/C26H32N2O7/c1-3-34-18(12-24(29)27-14-17(33-2)13-25(30)31)15-28-26(32)35-16-23-21-10-6-4-8-19(21)20-9-5-7-11-22(20)23/h4-11,17-18,23H,3,12-16H2,1-2H3,(H,27,29)(H,28,32)(H,30,31). The summed E-state index contributed by atoms with van der Waals surface area (Å²) in [6.07, 6.45) is -1.98. The number of carbonyl (C=O) groups excluding carboxylic acids is 2. The van der Waals surface area contributed by atoms with Crippen LogP contribution in [0.4, 0.5) is 4.79 Å². The van der Waals surface area contributed by atoms with Crippen LogP contribution in [0.1, 0.15) is 36.8 Å². The van der Waals surface area contributed by atoms with Crippen LogP contribution in [0.3, 0.4) is 0 Å². The molecule has 3 rings (SSSR count). The number of aliphatic carboxylic acids is 1. The molecular formula is C26H32N2O7. The average molecular weight is 485 g/mol. The van der Waals surface area contributed by atoms with Gasteiger partial charge in [-0.05, 0) is 29.2 Å². The Kier molecular flexibility index (Phi) is 9.63. The number of benzene rings is 2. The zero-order valence-corrected chi connectivity index (χ0v) is 20.0. The highest BCUT2D eigenvalue weighted by molar-refractivity contribution is 5.79. The second-order valence-electron chi connectivity index (χ2n) is 8.25. The number of carbonyl (C=O) groups is 3. The molecule has 35 heavy (non-hydrogen) atoms. The molecule has 0 spiro atoms. The van der Waals surface area contributed by atoms with Gasteiger partial charge in [0.15, 0.2) is 0 Å². The molecule has 2 unspecified atom stereocenters. The van der Waals surface area contributed by atoms with Crippen LogP contribution in [0.15, 0.2) is 48.5 Å². The van der Waals surface area contributed by atoms with Gasteiger partial charge in [0.1, 0.15) is 6.61 Å². The van der Waals surface area contributed by atoms with Crippen molar-refractivity contribution in [2.45, 2.75) is 37.9 Å². The maximum absolute atomic E-state index is 12.4. The Bertz CT molecular complexity index is 981. The van der Waals surface area contributed by atoms with E-state index in [-0.39, 0.29) is 44.4 Å². The van der Waals surface area contributed by atoms with Crippen molar-refractivity contribution in [2.75, 3.05) is 33.4 Å². The molecule has 0 bridgehead atoms. The van der Waals surface area contributed by atoms with Gasteiger partial charge in [-0.25, -0.2) is 4.79 Å². The molecule has 188 valence electrons. The molecule has 2 aromatic carbocycles. The van der Waals surface area contributed by atoms with E-state index in [1.807, 2.05) is 24.3 Å². The van der Waals surface area contributed by atoms with E-state index >= 15 is 0 Å². The van der Waals surface area contributed by atoms with Gasteiger partial charge in [0.05, 0.1) is 25.0 Å². The number of fused-ring (bicyclic) bond motifs is 3. The Morgan fingerprint density at radius 1 is 0.914 bits per heavy atom. The first-order valence-electron chi connectivity index (χ1n) is 11.6. The minimum atomic E-state index is -1.01. The number of nitrogens with one attached hydrogen (secondary N) is 2. The maximum Gasteiger partial charge on any atom is 0.407 e. The lowest BCUT2D eigenvalue weighted by Crippen LogP contribution is -2.40. The van der Waals surface area contributed by atoms with Crippen molar-refractivity contribution in [1.82, 2.24) is 10.6 Å². The van der Waals surface area contributed by atoms with Crippen molar-refractivity contribution in [3.8, 4) is 11.1 Å². The van der Waals surface area contributed by atoms with Crippen LogP contribution in [-0.4, -0.2) is 68.7 Å². The summed E-state index contributed by atoms with van der Waals surface area (Å²) in [5.41, 5.74) is 4.56. The van der Waals surface area contributed by atoms with E-state index in [1.165, 1.54) is 7.11 Å². The summed E-state index contributed by atoms with van der Waals surface area (Å²) in [6.45, 7) is 2.53. The highest BCUT2D eigenvalue weighted by atomic mass is 16.5. The first kappa shape index (κ1) is 26.2. The topological polar surface area (TPSA) is 123 Å². The van der Waals surface area contributed by atoms with Gasteiger partial charge >= 0.3 is 12.1 Å². The van der Waals surface area contributed by atoms with Gasteiger partial charge in [-0.1, -0.05) is 48.5 Å². The zero-order valence-electron chi connectivity index (χ0n) is 20.0. The first-order chi connectivity index (χ1) is 16.9. The number of ether oxygens (including phenoxy) is 3. The van der Waals surface area contributed by atoms with Crippen LogP contribution >= 0.6 is 0 Å². The molecule has 9 heteroatoms. The number of hydrogen-bond donors (Lipinski definition) is 3. The Morgan fingerprint density at radius 3 is 2.09 bits per heavy atom. The third kappa shape index (κ3) is 7.27. The maximum atomic E-state index is 12.4. The Hall–Kier alpha value is -3.43. The predicted octanol–water partition coefficient (Wildman–Crippen LogP) is 2.93. The number of alkyl carbamates (subject to hydrolysis) is 1. The molecule has 2 aromatic rings. The van der Waals surface area contributed by atoms with Crippen molar-refractivity contribution >= 4 is 18.0 Å². The fourth-order valence-corrected chi connectivity index (χ4v) is 4.21. The third-order valence-electron chi connectivity index (χ3n) is 5.90. The number of methoxy groups -OCH3 is 1. The fourth-order valence-electron chi connectivity index (χ4n) is 4.21. The molecule has 0 saturated carbocycles. The second kappa shape index (κ2) is 12.9. The summed E-state index contributed by atoms with van der Waals surface area (Å²) in [7, 11) is 1.39. The lowest BCUT2D eigenvalue weighted by atomic mass is 9.98.